The maximum absolute atomic E-state index is 10.8. The molecule has 5 nitrogen and oxygen atoms in total. The molecule has 5 heteroatoms. The second-order valence-corrected chi connectivity index (χ2v) is 6.79. The van der Waals surface area contributed by atoms with Crippen LogP contribution < -0.4 is 0 Å². The average molecular weight is 360 g/mol. The molecular weight excluding hydrogens is 318 g/mol. The Hall–Kier alpha value is -0.650. The quantitative estimate of drug-likeness (QED) is 0.273. The highest BCUT2D eigenvalue weighted by Gasteiger charge is 2.13. The van der Waals surface area contributed by atoms with Gasteiger partial charge in [-0.3, -0.25) is 4.79 Å². The van der Waals surface area contributed by atoms with Gasteiger partial charge in [-0.05, 0) is 19.9 Å². The maximum Gasteiger partial charge on any atom is 0.302 e. The Labute approximate surface area is 155 Å². The maximum atomic E-state index is 10.8. The van der Waals surface area contributed by atoms with E-state index in [1.807, 2.05) is 7.05 Å². The summed E-state index contributed by atoms with van der Waals surface area (Å²) in [6.07, 6.45) is 9.81. The fourth-order valence-electron chi connectivity index (χ4n) is 2.56. The summed E-state index contributed by atoms with van der Waals surface area (Å²) < 4.78 is 16.9. The third-order valence-corrected chi connectivity index (χ3v) is 4.09. The van der Waals surface area contributed by atoms with E-state index in [2.05, 4.69) is 18.7 Å². The standard InChI is InChI=1S/C20H41NO4/c1-5-7-9-11-14-23-18-20(25-15-12-10-8-6-2)17-21(4)13-16-24-19(3)22/h20H,5-18H2,1-4H3. The lowest BCUT2D eigenvalue weighted by Crippen LogP contribution is -2.36. The predicted molar refractivity (Wildman–Crippen MR) is 103 cm³/mol. The third-order valence-electron chi connectivity index (χ3n) is 4.09. The molecule has 0 rings (SSSR count). The van der Waals surface area contributed by atoms with E-state index in [1.54, 1.807) is 0 Å². The van der Waals surface area contributed by atoms with Gasteiger partial charge in [0.1, 0.15) is 6.61 Å². The van der Waals surface area contributed by atoms with Crippen LogP contribution >= 0.6 is 0 Å². The SMILES string of the molecule is CCCCCCOCC(CN(C)CCOC(C)=O)OCCCCCC. The third kappa shape index (κ3) is 18.0. The normalized spacial score (nSPS) is 12.5. The average Bonchev–Trinajstić information content (AvgIpc) is 2.57. The first kappa shape index (κ1) is 24.4. The van der Waals surface area contributed by atoms with E-state index in [4.69, 9.17) is 14.2 Å². The van der Waals surface area contributed by atoms with Crippen LogP contribution in [-0.2, 0) is 19.0 Å². The van der Waals surface area contributed by atoms with Crippen molar-refractivity contribution in [2.45, 2.75) is 78.2 Å². The number of hydrogen-bond acceptors (Lipinski definition) is 5. The van der Waals surface area contributed by atoms with Gasteiger partial charge in [0.15, 0.2) is 0 Å². The van der Waals surface area contributed by atoms with Crippen molar-refractivity contribution in [3.63, 3.8) is 0 Å². The lowest BCUT2D eigenvalue weighted by atomic mass is 10.2. The van der Waals surface area contributed by atoms with E-state index in [9.17, 15) is 4.79 Å². The molecule has 1 atom stereocenters. The zero-order chi connectivity index (χ0) is 18.8. The topological polar surface area (TPSA) is 48.0 Å². The molecule has 0 heterocycles. The largest absolute Gasteiger partial charge is 0.465 e. The van der Waals surface area contributed by atoms with E-state index in [-0.39, 0.29) is 12.1 Å². The van der Waals surface area contributed by atoms with Gasteiger partial charge in [-0.25, -0.2) is 0 Å². The van der Waals surface area contributed by atoms with Crippen LogP contribution in [0.3, 0.4) is 0 Å². The monoisotopic (exact) mass is 359 g/mol. The van der Waals surface area contributed by atoms with Crippen molar-refractivity contribution in [2.24, 2.45) is 0 Å². The molecule has 0 radical (unpaired) electrons. The van der Waals surface area contributed by atoms with E-state index < -0.39 is 0 Å². The van der Waals surface area contributed by atoms with E-state index in [0.29, 0.717) is 19.8 Å². The molecule has 0 amide bonds. The number of likely N-dealkylation sites (N-methyl/N-ethyl adjacent to an activating group) is 1. The van der Waals surface area contributed by atoms with Gasteiger partial charge in [0.25, 0.3) is 0 Å². The summed E-state index contributed by atoms with van der Waals surface area (Å²) in [5.41, 5.74) is 0. The molecule has 0 aliphatic rings. The Morgan fingerprint density at radius 1 is 0.920 bits per heavy atom. The lowest BCUT2D eigenvalue weighted by Gasteiger charge is -2.24. The van der Waals surface area contributed by atoms with Crippen LogP contribution in [0.2, 0.25) is 0 Å². The number of hydrogen-bond donors (Lipinski definition) is 0. The highest BCUT2D eigenvalue weighted by atomic mass is 16.5. The minimum atomic E-state index is -0.229. The van der Waals surface area contributed by atoms with Crippen LogP contribution in [0.4, 0.5) is 0 Å². The highest BCUT2D eigenvalue weighted by Crippen LogP contribution is 2.05. The van der Waals surface area contributed by atoms with Gasteiger partial charge in [-0.1, -0.05) is 52.4 Å². The summed E-state index contributed by atoms with van der Waals surface area (Å²) in [4.78, 5) is 13.0. The summed E-state index contributed by atoms with van der Waals surface area (Å²) in [6, 6.07) is 0. The lowest BCUT2D eigenvalue weighted by molar-refractivity contribution is -0.141. The Kier molecular flexibility index (Phi) is 17.7. The molecule has 0 bridgehead atoms. The van der Waals surface area contributed by atoms with Crippen molar-refractivity contribution < 1.29 is 19.0 Å². The summed E-state index contributed by atoms with van der Waals surface area (Å²) in [5.74, 6) is -0.229. The van der Waals surface area contributed by atoms with Gasteiger partial charge >= 0.3 is 5.97 Å². The molecule has 0 aromatic heterocycles. The minimum Gasteiger partial charge on any atom is -0.465 e. The predicted octanol–water partition coefficient (Wildman–Crippen LogP) is 4.04. The van der Waals surface area contributed by atoms with Gasteiger partial charge < -0.3 is 19.1 Å². The van der Waals surface area contributed by atoms with Gasteiger partial charge in [-0.15, -0.1) is 0 Å². The van der Waals surface area contributed by atoms with Crippen LogP contribution in [0.15, 0.2) is 0 Å². The molecule has 1 unspecified atom stereocenters. The number of carbonyl (C=O) groups is 1. The number of esters is 1. The second-order valence-electron chi connectivity index (χ2n) is 6.79. The molecule has 0 aliphatic heterocycles. The number of nitrogens with zero attached hydrogens (tertiary/aromatic N) is 1. The number of unbranched alkanes of at least 4 members (excludes halogenated alkanes) is 6. The fourth-order valence-corrected chi connectivity index (χ4v) is 2.56. The first-order chi connectivity index (χ1) is 12.1. The molecule has 0 saturated carbocycles. The smallest absolute Gasteiger partial charge is 0.302 e. The molecule has 150 valence electrons. The van der Waals surface area contributed by atoms with Gasteiger partial charge in [0, 0.05) is 33.2 Å². The first-order valence-corrected chi connectivity index (χ1v) is 10.1. The van der Waals surface area contributed by atoms with Crippen molar-refractivity contribution in [1.82, 2.24) is 4.90 Å². The van der Waals surface area contributed by atoms with Crippen molar-refractivity contribution in [2.75, 3.05) is 46.6 Å². The molecule has 0 N–H and O–H groups in total. The molecule has 0 aliphatic carbocycles. The summed E-state index contributed by atoms with van der Waals surface area (Å²) >= 11 is 0. The Bertz CT molecular complexity index is 299. The summed E-state index contributed by atoms with van der Waals surface area (Å²) in [7, 11) is 2.03. The summed E-state index contributed by atoms with van der Waals surface area (Å²) in [5, 5.41) is 0. The van der Waals surface area contributed by atoms with Crippen molar-refractivity contribution in [3.05, 3.63) is 0 Å². The first-order valence-electron chi connectivity index (χ1n) is 10.1. The number of rotatable bonds is 18. The molecule has 0 fully saturated rings. The van der Waals surface area contributed by atoms with Crippen LogP contribution in [0.5, 0.6) is 0 Å². The second kappa shape index (κ2) is 18.2. The Morgan fingerprint density at radius 2 is 1.56 bits per heavy atom. The Morgan fingerprint density at radius 3 is 2.16 bits per heavy atom. The minimum absolute atomic E-state index is 0.0788. The molecule has 0 aromatic carbocycles. The van der Waals surface area contributed by atoms with Crippen LogP contribution in [0.25, 0.3) is 0 Å². The van der Waals surface area contributed by atoms with Gasteiger partial charge in [0.2, 0.25) is 0 Å². The Balaban J connectivity index is 4.01. The molecule has 25 heavy (non-hydrogen) atoms. The van der Waals surface area contributed by atoms with Gasteiger partial charge in [0.05, 0.1) is 12.7 Å². The van der Waals surface area contributed by atoms with E-state index in [1.165, 1.54) is 45.4 Å². The van der Waals surface area contributed by atoms with E-state index >= 15 is 0 Å². The van der Waals surface area contributed by atoms with Crippen LogP contribution in [-0.4, -0.2) is 63.5 Å². The van der Waals surface area contributed by atoms with E-state index in [0.717, 1.165) is 32.6 Å². The number of carbonyl (C=O) groups excluding carboxylic acids is 1. The fraction of sp³-hybridized carbons (Fsp3) is 0.950. The highest BCUT2D eigenvalue weighted by molar-refractivity contribution is 5.65. The summed E-state index contributed by atoms with van der Waals surface area (Å²) in [6.45, 7) is 10.0. The zero-order valence-electron chi connectivity index (χ0n) is 17.1. The zero-order valence-corrected chi connectivity index (χ0v) is 17.1. The molecule has 0 aromatic rings. The molecule has 0 spiro atoms. The van der Waals surface area contributed by atoms with Crippen molar-refractivity contribution >= 4 is 5.97 Å². The van der Waals surface area contributed by atoms with Crippen LogP contribution in [0.1, 0.15) is 72.1 Å². The van der Waals surface area contributed by atoms with Crippen molar-refractivity contribution in [1.29, 1.82) is 0 Å². The molecular formula is C20H41NO4. The van der Waals surface area contributed by atoms with Crippen molar-refractivity contribution in [3.8, 4) is 0 Å². The van der Waals surface area contributed by atoms with Crippen LogP contribution in [0, 0.1) is 0 Å². The molecule has 0 saturated heterocycles. The number of ether oxygens (including phenoxy) is 3. The van der Waals surface area contributed by atoms with Gasteiger partial charge in [-0.2, -0.15) is 0 Å².